The molecule has 7 heteroatoms. The second-order valence-electron chi connectivity index (χ2n) is 7.71. The third-order valence-corrected chi connectivity index (χ3v) is 5.77. The van der Waals surface area contributed by atoms with Crippen LogP contribution in [0.4, 0.5) is 11.5 Å². The number of rotatable bonds is 3. The second-order valence-corrected chi connectivity index (χ2v) is 7.71. The molecular formula is C22H23N5O2. The molecule has 1 saturated heterocycles. The molecule has 2 aliphatic rings. The van der Waals surface area contributed by atoms with E-state index < -0.39 is 0 Å². The first kappa shape index (κ1) is 17.8. The Morgan fingerprint density at radius 1 is 1.17 bits per heavy atom. The van der Waals surface area contributed by atoms with Crippen molar-refractivity contribution in [2.45, 2.75) is 26.2 Å². The molecule has 2 aliphatic heterocycles. The van der Waals surface area contributed by atoms with Crippen LogP contribution in [0.1, 0.15) is 24.2 Å². The van der Waals surface area contributed by atoms with E-state index >= 15 is 0 Å². The molecule has 1 amide bonds. The molecule has 0 radical (unpaired) electrons. The predicted octanol–water partition coefficient (Wildman–Crippen LogP) is 3.25. The van der Waals surface area contributed by atoms with Gasteiger partial charge in [-0.3, -0.25) is 4.79 Å². The summed E-state index contributed by atoms with van der Waals surface area (Å²) in [7, 11) is 0. The van der Waals surface area contributed by atoms with E-state index in [1.807, 2.05) is 29.2 Å². The summed E-state index contributed by atoms with van der Waals surface area (Å²) in [6, 6.07) is 12.1. The third kappa shape index (κ3) is 3.37. The van der Waals surface area contributed by atoms with Crippen LogP contribution >= 0.6 is 0 Å². The normalized spacial score (nSPS) is 18.7. The molecule has 1 aromatic carbocycles. The van der Waals surface area contributed by atoms with Gasteiger partial charge in [-0.1, -0.05) is 23.4 Å². The van der Waals surface area contributed by atoms with E-state index in [-0.39, 0.29) is 11.8 Å². The lowest BCUT2D eigenvalue weighted by molar-refractivity contribution is -0.122. The zero-order valence-electron chi connectivity index (χ0n) is 16.4. The molecule has 0 spiro atoms. The van der Waals surface area contributed by atoms with Crippen LogP contribution in [-0.4, -0.2) is 40.7 Å². The molecule has 0 saturated carbocycles. The van der Waals surface area contributed by atoms with Crippen LogP contribution in [0, 0.1) is 12.8 Å². The highest BCUT2D eigenvalue weighted by Gasteiger charge is 2.33. The van der Waals surface area contributed by atoms with E-state index in [0.717, 1.165) is 49.4 Å². The number of fused-ring (bicyclic) bond motifs is 1. The molecule has 0 aliphatic carbocycles. The third-order valence-electron chi connectivity index (χ3n) is 5.77. The number of hydrogen-bond donors (Lipinski definition) is 0. The molecule has 0 bridgehead atoms. The molecule has 7 nitrogen and oxygen atoms in total. The number of amides is 1. The summed E-state index contributed by atoms with van der Waals surface area (Å²) in [6.45, 7) is 4.18. The maximum atomic E-state index is 13.2. The molecule has 2 aromatic heterocycles. The van der Waals surface area contributed by atoms with Crippen molar-refractivity contribution in [1.29, 1.82) is 0 Å². The molecule has 148 valence electrons. The monoisotopic (exact) mass is 389 g/mol. The number of anilines is 2. The Labute approximate surface area is 169 Å². The minimum absolute atomic E-state index is 0.00465. The van der Waals surface area contributed by atoms with Gasteiger partial charge >= 0.3 is 0 Å². The highest BCUT2D eigenvalue weighted by molar-refractivity contribution is 5.97. The maximum absolute atomic E-state index is 13.2. The van der Waals surface area contributed by atoms with Crippen molar-refractivity contribution in [2.24, 2.45) is 5.92 Å². The summed E-state index contributed by atoms with van der Waals surface area (Å²) >= 11 is 0. The van der Waals surface area contributed by atoms with E-state index in [9.17, 15) is 4.79 Å². The Morgan fingerprint density at radius 2 is 2.07 bits per heavy atom. The van der Waals surface area contributed by atoms with Crippen LogP contribution in [0.3, 0.4) is 0 Å². The van der Waals surface area contributed by atoms with E-state index in [1.54, 1.807) is 13.1 Å². The molecule has 1 unspecified atom stereocenters. The van der Waals surface area contributed by atoms with Crippen LogP contribution in [0.2, 0.25) is 0 Å². The Morgan fingerprint density at radius 3 is 2.86 bits per heavy atom. The summed E-state index contributed by atoms with van der Waals surface area (Å²) in [6.07, 6.45) is 4.60. The second kappa shape index (κ2) is 7.31. The maximum Gasteiger partial charge on any atom is 0.259 e. The molecular weight excluding hydrogens is 366 g/mol. The number of benzene rings is 1. The average Bonchev–Trinajstić information content (AvgIpc) is 3.40. The summed E-state index contributed by atoms with van der Waals surface area (Å²) in [4.78, 5) is 26.2. The fourth-order valence-electron chi connectivity index (χ4n) is 4.29. The Hall–Kier alpha value is -3.22. The van der Waals surface area contributed by atoms with Crippen molar-refractivity contribution in [3.63, 3.8) is 0 Å². The van der Waals surface area contributed by atoms with E-state index in [4.69, 9.17) is 4.52 Å². The predicted molar refractivity (Wildman–Crippen MR) is 110 cm³/mol. The number of carbonyl (C=O) groups is 1. The fraction of sp³-hybridized carbons (Fsp3) is 0.364. The van der Waals surface area contributed by atoms with Gasteiger partial charge in [0, 0.05) is 31.5 Å². The molecule has 29 heavy (non-hydrogen) atoms. The van der Waals surface area contributed by atoms with Gasteiger partial charge in [0.05, 0.1) is 11.5 Å². The lowest BCUT2D eigenvalue weighted by Gasteiger charge is -2.34. The van der Waals surface area contributed by atoms with Gasteiger partial charge in [0.2, 0.25) is 5.91 Å². The van der Waals surface area contributed by atoms with Crippen LogP contribution in [0.5, 0.6) is 0 Å². The van der Waals surface area contributed by atoms with Gasteiger partial charge in [-0.15, -0.1) is 0 Å². The van der Waals surface area contributed by atoms with Crippen molar-refractivity contribution >= 4 is 17.4 Å². The first-order valence-electron chi connectivity index (χ1n) is 10.1. The van der Waals surface area contributed by atoms with Crippen LogP contribution < -0.4 is 9.80 Å². The van der Waals surface area contributed by atoms with Gasteiger partial charge in [-0.25, -0.2) is 4.98 Å². The molecule has 1 atom stereocenters. The van der Waals surface area contributed by atoms with Crippen LogP contribution in [-0.2, 0) is 11.2 Å². The fourth-order valence-corrected chi connectivity index (χ4v) is 4.29. The van der Waals surface area contributed by atoms with E-state index in [1.165, 1.54) is 5.56 Å². The van der Waals surface area contributed by atoms with Crippen molar-refractivity contribution in [1.82, 2.24) is 15.1 Å². The van der Waals surface area contributed by atoms with Gasteiger partial charge in [-0.2, -0.15) is 4.98 Å². The number of nitrogens with zero attached hydrogens (tertiary/aromatic N) is 5. The van der Waals surface area contributed by atoms with Crippen molar-refractivity contribution < 1.29 is 9.32 Å². The lowest BCUT2D eigenvalue weighted by atomic mass is 9.96. The number of hydrogen-bond acceptors (Lipinski definition) is 6. The van der Waals surface area contributed by atoms with E-state index in [2.05, 4.69) is 32.2 Å². The first-order valence-corrected chi connectivity index (χ1v) is 10.1. The van der Waals surface area contributed by atoms with Gasteiger partial charge in [-0.05, 0) is 49.9 Å². The summed E-state index contributed by atoms with van der Waals surface area (Å²) in [5.41, 5.74) is 3.14. The Bertz CT molecular complexity index is 1030. The molecule has 0 N–H and O–H groups in total. The SMILES string of the molecule is Cc1noc(-c2ccc(N3CCCC(C(=O)N4CCc5ccccc54)C3)nc2)n1. The number of para-hydroxylation sites is 1. The van der Waals surface area contributed by atoms with Crippen molar-refractivity contribution in [2.75, 3.05) is 29.4 Å². The van der Waals surface area contributed by atoms with Crippen LogP contribution in [0.15, 0.2) is 47.1 Å². The molecule has 3 aromatic rings. The van der Waals surface area contributed by atoms with Gasteiger partial charge < -0.3 is 14.3 Å². The topological polar surface area (TPSA) is 75.4 Å². The standard InChI is InChI=1S/C22H23N5O2/c1-15-24-21(29-25-15)17-8-9-20(23-13-17)26-11-4-6-18(14-26)22(28)27-12-10-16-5-2-3-7-19(16)27/h2-3,5,7-9,13,18H,4,6,10-12,14H2,1H3. The Balaban J connectivity index is 1.30. The van der Waals surface area contributed by atoms with Crippen LogP contribution in [0.25, 0.3) is 11.5 Å². The van der Waals surface area contributed by atoms with Crippen molar-refractivity contribution in [3.8, 4) is 11.5 Å². The summed E-state index contributed by atoms with van der Waals surface area (Å²) in [5, 5.41) is 3.82. The number of carbonyl (C=O) groups excluding carboxylic acids is 1. The highest BCUT2D eigenvalue weighted by atomic mass is 16.5. The van der Waals surface area contributed by atoms with Gasteiger partial charge in [0.1, 0.15) is 5.82 Å². The Kier molecular flexibility index (Phi) is 4.50. The van der Waals surface area contributed by atoms with Crippen molar-refractivity contribution in [3.05, 3.63) is 54.0 Å². The molecule has 4 heterocycles. The zero-order chi connectivity index (χ0) is 19.8. The summed E-state index contributed by atoms with van der Waals surface area (Å²) in [5.74, 6) is 2.18. The number of pyridine rings is 1. The first-order chi connectivity index (χ1) is 14.2. The van der Waals surface area contributed by atoms with E-state index in [0.29, 0.717) is 18.3 Å². The zero-order valence-corrected chi connectivity index (χ0v) is 16.4. The highest BCUT2D eigenvalue weighted by Crippen LogP contribution is 2.31. The number of aryl methyl sites for hydroxylation is 1. The quantitative estimate of drug-likeness (QED) is 0.685. The van der Waals surface area contributed by atoms with Gasteiger partial charge in [0.15, 0.2) is 5.82 Å². The number of aromatic nitrogens is 3. The molecule has 5 rings (SSSR count). The smallest absolute Gasteiger partial charge is 0.259 e. The summed E-state index contributed by atoms with van der Waals surface area (Å²) < 4.78 is 5.20. The minimum atomic E-state index is -0.00465. The average molecular weight is 389 g/mol. The largest absolute Gasteiger partial charge is 0.356 e. The molecule has 1 fully saturated rings. The minimum Gasteiger partial charge on any atom is -0.356 e. The van der Waals surface area contributed by atoms with Gasteiger partial charge in [0.25, 0.3) is 5.89 Å². The number of piperidine rings is 1. The lowest BCUT2D eigenvalue weighted by Crippen LogP contribution is -2.44.